The first-order chi connectivity index (χ1) is 10.7. The molecule has 6 nitrogen and oxygen atoms in total. The number of hydrogen-bond acceptors (Lipinski definition) is 6. The van der Waals surface area contributed by atoms with Crippen LogP contribution in [0, 0.1) is 5.92 Å². The van der Waals surface area contributed by atoms with Gasteiger partial charge < -0.3 is 18.9 Å². The summed E-state index contributed by atoms with van der Waals surface area (Å²) in [5.41, 5.74) is -0.182. The first-order valence-electron chi connectivity index (χ1n) is 7.11. The Morgan fingerprint density at radius 1 is 1.26 bits per heavy atom. The molecule has 2 fully saturated rings. The van der Waals surface area contributed by atoms with Crippen LogP contribution in [0.3, 0.4) is 0 Å². The number of rotatable bonds is 6. The summed E-state index contributed by atoms with van der Waals surface area (Å²) in [6.07, 6.45) is -3.90. The van der Waals surface area contributed by atoms with Crippen LogP contribution in [0.5, 0.6) is 0 Å². The summed E-state index contributed by atoms with van der Waals surface area (Å²) in [6, 6.07) is 0. The lowest BCUT2D eigenvalue weighted by Crippen LogP contribution is -2.33. The maximum atomic E-state index is 11.9. The number of esters is 1. The van der Waals surface area contributed by atoms with Gasteiger partial charge in [-0.3, -0.25) is 0 Å². The van der Waals surface area contributed by atoms with Crippen molar-refractivity contribution >= 4 is 12.1 Å². The minimum Gasteiger partial charge on any atom is -0.462 e. The Bertz CT molecular complexity index is 476. The quantitative estimate of drug-likeness (QED) is 0.547. The minimum absolute atomic E-state index is 0.00130. The Labute approximate surface area is 130 Å². The van der Waals surface area contributed by atoms with Crippen LogP contribution in [-0.4, -0.2) is 50.3 Å². The van der Waals surface area contributed by atoms with Crippen molar-refractivity contribution in [2.45, 2.75) is 37.6 Å². The average Bonchev–Trinajstić information content (AvgIpc) is 2.82. The van der Waals surface area contributed by atoms with E-state index in [2.05, 4.69) is 11.3 Å². The largest absolute Gasteiger partial charge is 0.509 e. The van der Waals surface area contributed by atoms with E-state index >= 15 is 0 Å². The molecule has 1 aliphatic carbocycles. The predicted molar refractivity (Wildman–Crippen MR) is 69.5 cm³/mol. The predicted octanol–water partition coefficient (Wildman–Crippen LogP) is 2.37. The molecule has 0 aromatic heterocycles. The number of ether oxygens (including phenoxy) is 4. The molecule has 2 aliphatic rings. The van der Waals surface area contributed by atoms with E-state index in [4.69, 9.17) is 14.2 Å². The molecule has 23 heavy (non-hydrogen) atoms. The number of carbonyl (C=O) groups is 2. The van der Waals surface area contributed by atoms with Crippen LogP contribution < -0.4 is 0 Å². The molecule has 0 aromatic rings. The summed E-state index contributed by atoms with van der Waals surface area (Å²) in [4.78, 5) is 22.6. The van der Waals surface area contributed by atoms with Gasteiger partial charge in [0, 0.05) is 0 Å². The number of carbonyl (C=O) groups excluding carboxylic acids is 2. The zero-order valence-corrected chi connectivity index (χ0v) is 12.3. The van der Waals surface area contributed by atoms with Crippen LogP contribution >= 0.6 is 0 Å². The molecule has 0 aromatic carbocycles. The highest BCUT2D eigenvalue weighted by molar-refractivity contribution is 5.87. The second kappa shape index (κ2) is 7.20. The molecule has 1 aliphatic heterocycles. The SMILES string of the molecule is C=C(COCC(F)(F)F)C(=O)OCC1CCC2OC(=O)OC2C1. The van der Waals surface area contributed by atoms with Crippen LogP contribution in [0.1, 0.15) is 19.3 Å². The Hall–Kier alpha value is -1.77. The van der Waals surface area contributed by atoms with E-state index < -0.39 is 31.5 Å². The average molecular weight is 338 g/mol. The molecule has 130 valence electrons. The van der Waals surface area contributed by atoms with Gasteiger partial charge in [0.1, 0.15) is 18.8 Å². The van der Waals surface area contributed by atoms with Crippen LogP contribution in [-0.2, 0) is 23.7 Å². The van der Waals surface area contributed by atoms with Crippen LogP contribution in [0.25, 0.3) is 0 Å². The molecule has 1 saturated heterocycles. The number of alkyl halides is 3. The zero-order chi connectivity index (χ0) is 17.0. The lowest BCUT2D eigenvalue weighted by atomic mass is 9.86. The van der Waals surface area contributed by atoms with Gasteiger partial charge in [0.05, 0.1) is 18.8 Å². The minimum atomic E-state index is -4.45. The van der Waals surface area contributed by atoms with Gasteiger partial charge in [0.2, 0.25) is 0 Å². The number of fused-ring (bicyclic) bond motifs is 1. The fourth-order valence-electron chi connectivity index (χ4n) is 2.51. The number of halogens is 3. The standard InChI is InChI=1S/C14H17F3O6/c1-8(5-20-7-14(15,16)17)12(18)21-6-9-2-3-10-11(4-9)23-13(19)22-10/h9-11H,1-7H2. The summed E-state index contributed by atoms with van der Waals surface area (Å²) >= 11 is 0. The van der Waals surface area contributed by atoms with E-state index in [9.17, 15) is 22.8 Å². The highest BCUT2D eigenvalue weighted by Gasteiger charge is 2.41. The maximum absolute atomic E-state index is 11.9. The monoisotopic (exact) mass is 338 g/mol. The summed E-state index contributed by atoms with van der Waals surface area (Å²) in [6.45, 7) is 1.44. The molecule has 1 saturated carbocycles. The summed E-state index contributed by atoms with van der Waals surface area (Å²) in [5, 5.41) is 0. The van der Waals surface area contributed by atoms with E-state index in [1.54, 1.807) is 0 Å². The Morgan fingerprint density at radius 2 is 1.96 bits per heavy atom. The van der Waals surface area contributed by atoms with Crippen molar-refractivity contribution in [3.05, 3.63) is 12.2 Å². The third-order valence-electron chi connectivity index (χ3n) is 3.62. The van der Waals surface area contributed by atoms with Crippen molar-refractivity contribution in [1.29, 1.82) is 0 Å². The molecular weight excluding hydrogens is 321 g/mol. The Balaban J connectivity index is 1.66. The molecule has 0 bridgehead atoms. The van der Waals surface area contributed by atoms with Crippen molar-refractivity contribution in [1.82, 2.24) is 0 Å². The third kappa shape index (κ3) is 5.42. The normalized spacial score (nSPS) is 26.9. The smallest absolute Gasteiger partial charge is 0.462 e. The molecule has 2 rings (SSSR count). The molecule has 3 unspecified atom stereocenters. The van der Waals surface area contributed by atoms with Gasteiger partial charge in [-0.2, -0.15) is 13.2 Å². The van der Waals surface area contributed by atoms with Gasteiger partial charge in [0.25, 0.3) is 0 Å². The van der Waals surface area contributed by atoms with Crippen molar-refractivity contribution in [3.8, 4) is 0 Å². The van der Waals surface area contributed by atoms with Crippen LogP contribution in [0.4, 0.5) is 18.0 Å². The molecule has 0 amide bonds. The van der Waals surface area contributed by atoms with Crippen molar-refractivity contribution < 1.29 is 41.7 Å². The van der Waals surface area contributed by atoms with E-state index in [1.807, 2.05) is 0 Å². The highest BCUT2D eigenvalue weighted by atomic mass is 19.4. The maximum Gasteiger partial charge on any atom is 0.509 e. The van der Waals surface area contributed by atoms with Crippen LogP contribution in [0.15, 0.2) is 12.2 Å². The second-order valence-corrected chi connectivity index (χ2v) is 5.55. The molecular formula is C14H17F3O6. The molecule has 0 radical (unpaired) electrons. The third-order valence-corrected chi connectivity index (χ3v) is 3.62. The van der Waals surface area contributed by atoms with Crippen molar-refractivity contribution in [2.75, 3.05) is 19.8 Å². The van der Waals surface area contributed by atoms with Gasteiger partial charge in [-0.25, -0.2) is 9.59 Å². The summed E-state index contributed by atoms with van der Waals surface area (Å²) in [7, 11) is 0. The van der Waals surface area contributed by atoms with Gasteiger partial charge in [-0.05, 0) is 25.2 Å². The van der Waals surface area contributed by atoms with Gasteiger partial charge in [0.15, 0.2) is 0 Å². The molecule has 9 heteroatoms. The van der Waals surface area contributed by atoms with E-state index in [0.29, 0.717) is 19.3 Å². The Morgan fingerprint density at radius 3 is 2.65 bits per heavy atom. The summed E-state index contributed by atoms with van der Waals surface area (Å²) in [5.74, 6) is -0.799. The van der Waals surface area contributed by atoms with Gasteiger partial charge >= 0.3 is 18.3 Å². The second-order valence-electron chi connectivity index (χ2n) is 5.55. The highest BCUT2D eigenvalue weighted by Crippen LogP contribution is 2.33. The molecule has 0 N–H and O–H groups in total. The Kier molecular flexibility index (Phi) is 5.51. The van der Waals surface area contributed by atoms with Crippen LogP contribution in [0.2, 0.25) is 0 Å². The topological polar surface area (TPSA) is 71.1 Å². The fraction of sp³-hybridized carbons (Fsp3) is 0.714. The van der Waals surface area contributed by atoms with Crippen molar-refractivity contribution in [2.24, 2.45) is 5.92 Å². The van der Waals surface area contributed by atoms with Gasteiger partial charge in [-0.15, -0.1) is 0 Å². The first-order valence-corrected chi connectivity index (χ1v) is 7.11. The van der Waals surface area contributed by atoms with Crippen molar-refractivity contribution in [3.63, 3.8) is 0 Å². The zero-order valence-electron chi connectivity index (χ0n) is 12.3. The molecule has 1 heterocycles. The number of hydrogen-bond donors (Lipinski definition) is 0. The summed E-state index contributed by atoms with van der Waals surface area (Å²) < 4.78 is 55.1. The lowest BCUT2D eigenvalue weighted by molar-refractivity contribution is -0.173. The fourth-order valence-corrected chi connectivity index (χ4v) is 2.51. The lowest BCUT2D eigenvalue weighted by Gasteiger charge is -2.27. The van der Waals surface area contributed by atoms with E-state index in [1.165, 1.54) is 0 Å². The van der Waals surface area contributed by atoms with E-state index in [0.717, 1.165) is 0 Å². The van der Waals surface area contributed by atoms with Gasteiger partial charge in [-0.1, -0.05) is 6.58 Å². The van der Waals surface area contributed by atoms with E-state index in [-0.39, 0.29) is 30.3 Å². The molecule has 0 spiro atoms. The molecule has 3 atom stereocenters. The first kappa shape index (κ1) is 17.6.